The number of nitrogens with zero attached hydrogens (tertiary/aromatic N) is 1. The third-order valence-corrected chi connectivity index (χ3v) is 1.26. The molecule has 0 saturated heterocycles. The van der Waals surface area contributed by atoms with Crippen molar-refractivity contribution in [1.29, 1.82) is 0 Å². The number of carbonyl (C=O) groups excluding carboxylic acids is 1. The fourth-order valence-corrected chi connectivity index (χ4v) is 0.846. The molecule has 0 bridgehead atoms. The Balaban J connectivity index is 2.85. The van der Waals surface area contributed by atoms with Crippen LogP contribution >= 0.6 is 12.2 Å². The number of amides is 1. The van der Waals surface area contributed by atoms with Gasteiger partial charge in [-0.1, -0.05) is 0 Å². The van der Waals surface area contributed by atoms with Crippen LogP contribution in [0.5, 0.6) is 0 Å². The Morgan fingerprint density at radius 1 is 1.80 bits per heavy atom. The maximum Gasteiger partial charge on any atom is 0.266 e. The van der Waals surface area contributed by atoms with Crippen LogP contribution in [0, 0.1) is 0 Å². The summed E-state index contributed by atoms with van der Waals surface area (Å²) in [7, 11) is 0. The van der Waals surface area contributed by atoms with Crippen molar-refractivity contribution in [2.75, 3.05) is 0 Å². The van der Waals surface area contributed by atoms with Gasteiger partial charge in [-0.05, 0) is 12.2 Å². The summed E-state index contributed by atoms with van der Waals surface area (Å²) < 4.78 is 0. The molecule has 0 aromatic heterocycles. The van der Waals surface area contributed by atoms with Gasteiger partial charge in [0.05, 0.1) is 0 Å². The zero-order valence-electron chi connectivity index (χ0n) is 5.00. The van der Waals surface area contributed by atoms with Crippen molar-refractivity contribution >= 4 is 28.9 Å². The lowest BCUT2D eigenvalue weighted by atomic mass is 10.3. The van der Waals surface area contributed by atoms with E-state index in [1.54, 1.807) is 0 Å². The van der Waals surface area contributed by atoms with Crippen molar-refractivity contribution < 1.29 is 4.79 Å². The maximum absolute atomic E-state index is 10.5. The summed E-state index contributed by atoms with van der Waals surface area (Å²) in [5.74, 6) is -0.639. The molecule has 5 N–H and O–H groups in total. The summed E-state index contributed by atoms with van der Waals surface area (Å²) in [6.45, 7) is 0. The molecule has 0 saturated carbocycles. The van der Waals surface area contributed by atoms with E-state index in [0.29, 0.717) is 0 Å². The summed E-state index contributed by atoms with van der Waals surface area (Å²) in [5, 5.41) is 2.76. The summed E-state index contributed by atoms with van der Waals surface area (Å²) in [5.41, 5.74) is 10.3. The van der Waals surface area contributed by atoms with Gasteiger partial charge in [-0.2, -0.15) is 0 Å². The van der Waals surface area contributed by atoms with Gasteiger partial charge in [-0.15, -0.1) is 0 Å². The Morgan fingerprint density at radius 2 is 2.40 bits per heavy atom. The van der Waals surface area contributed by atoms with E-state index in [9.17, 15) is 4.79 Å². The molecule has 5 nitrogen and oxygen atoms in total. The third-order valence-electron chi connectivity index (χ3n) is 1.05. The van der Waals surface area contributed by atoms with Crippen molar-refractivity contribution in [3.63, 3.8) is 0 Å². The van der Waals surface area contributed by atoms with Crippen LogP contribution in [0.15, 0.2) is 4.99 Å². The van der Waals surface area contributed by atoms with Gasteiger partial charge in [-0.25, -0.2) is 4.99 Å². The zero-order chi connectivity index (χ0) is 7.72. The molecule has 10 heavy (non-hydrogen) atoms. The largest absolute Gasteiger partial charge is 0.364 e. The van der Waals surface area contributed by atoms with Crippen LogP contribution < -0.4 is 16.8 Å². The van der Waals surface area contributed by atoms with Crippen molar-refractivity contribution in [3.05, 3.63) is 0 Å². The molecule has 1 unspecified atom stereocenters. The molecular weight excluding hydrogens is 152 g/mol. The van der Waals surface area contributed by atoms with Crippen LogP contribution in [-0.4, -0.2) is 22.9 Å². The number of nitrogens with one attached hydrogen (secondary N) is 1. The average Bonchev–Trinajstić information content (AvgIpc) is 2.10. The number of carbonyl (C=O) groups is 1. The normalized spacial score (nSPS) is 23.9. The molecule has 1 heterocycles. The number of primary amides is 1. The quantitative estimate of drug-likeness (QED) is 0.388. The molecule has 0 fully saturated rings. The summed E-state index contributed by atoms with van der Waals surface area (Å²) in [4.78, 5) is 14.1. The molecule has 0 aromatic carbocycles. The number of hydrogen-bond donors (Lipinski definition) is 3. The van der Waals surface area contributed by atoms with Crippen LogP contribution in [0.4, 0.5) is 0 Å². The standard InChI is InChI=1S/C4H6N4OS/c5-2-1(3(6)9)7-4(10)8-2/h2H,5H2,(H2,6,9)(H,8,10). The first kappa shape index (κ1) is 7.10. The van der Waals surface area contributed by atoms with Gasteiger partial charge in [0.25, 0.3) is 5.91 Å². The van der Waals surface area contributed by atoms with Gasteiger partial charge in [0.15, 0.2) is 5.11 Å². The van der Waals surface area contributed by atoms with Crippen LogP contribution in [0.25, 0.3) is 0 Å². The Hall–Kier alpha value is -1.01. The molecule has 0 aliphatic carbocycles. The van der Waals surface area contributed by atoms with Gasteiger partial charge in [0.2, 0.25) is 0 Å². The molecule has 0 radical (unpaired) electrons. The molecule has 54 valence electrons. The average molecular weight is 158 g/mol. The van der Waals surface area contributed by atoms with Crippen LogP contribution in [-0.2, 0) is 4.79 Å². The second-order valence-corrected chi connectivity index (χ2v) is 2.18. The maximum atomic E-state index is 10.5. The Labute approximate surface area is 62.5 Å². The van der Waals surface area contributed by atoms with Gasteiger partial charge in [-0.3, -0.25) is 4.79 Å². The fraction of sp³-hybridized carbons (Fsp3) is 0.250. The topological polar surface area (TPSA) is 93.5 Å². The summed E-state index contributed by atoms with van der Waals surface area (Å²) >= 11 is 4.61. The number of thiocarbonyl (C=S) groups is 1. The van der Waals surface area contributed by atoms with Gasteiger partial charge in [0.1, 0.15) is 11.9 Å². The minimum atomic E-state index is -0.639. The van der Waals surface area contributed by atoms with Crippen LogP contribution in [0.1, 0.15) is 0 Å². The van der Waals surface area contributed by atoms with E-state index in [1.807, 2.05) is 0 Å². The Bertz CT molecular complexity index is 223. The van der Waals surface area contributed by atoms with E-state index in [2.05, 4.69) is 22.5 Å². The highest BCUT2D eigenvalue weighted by Crippen LogP contribution is 1.93. The first-order chi connectivity index (χ1) is 4.61. The van der Waals surface area contributed by atoms with E-state index in [1.165, 1.54) is 0 Å². The fourth-order valence-electron chi connectivity index (χ4n) is 0.621. The van der Waals surface area contributed by atoms with Crippen LogP contribution in [0.2, 0.25) is 0 Å². The highest BCUT2D eigenvalue weighted by atomic mass is 32.1. The van der Waals surface area contributed by atoms with Crippen molar-refractivity contribution in [1.82, 2.24) is 5.32 Å². The minimum Gasteiger partial charge on any atom is -0.364 e. The Kier molecular flexibility index (Phi) is 1.64. The second kappa shape index (κ2) is 2.31. The van der Waals surface area contributed by atoms with Crippen LogP contribution in [0.3, 0.4) is 0 Å². The second-order valence-electron chi connectivity index (χ2n) is 1.79. The SMILES string of the molecule is NC(=O)C1=NC(=S)NC1N. The smallest absolute Gasteiger partial charge is 0.266 e. The van der Waals surface area contributed by atoms with Gasteiger partial charge >= 0.3 is 0 Å². The zero-order valence-corrected chi connectivity index (χ0v) is 5.81. The van der Waals surface area contributed by atoms with E-state index < -0.39 is 12.1 Å². The lowest BCUT2D eigenvalue weighted by Crippen LogP contribution is -2.45. The lowest BCUT2D eigenvalue weighted by molar-refractivity contribution is -0.112. The molecule has 0 spiro atoms. The van der Waals surface area contributed by atoms with E-state index in [4.69, 9.17) is 11.5 Å². The molecule has 0 aromatic rings. The Morgan fingerprint density at radius 3 is 2.60 bits per heavy atom. The highest BCUT2D eigenvalue weighted by molar-refractivity contribution is 7.80. The monoisotopic (exact) mass is 158 g/mol. The lowest BCUT2D eigenvalue weighted by Gasteiger charge is -2.01. The van der Waals surface area contributed by atoms with Crippen molar-refractivity contribution in [3.8, 4) is 0 Å². The predicted molar refractivity (Wildman–Crippen MR) is 40.3 cm³/mol. The molecule has 1 aliphatic rings. The van der Waals surface area contributed by atoms with E-state index >= 15 is 0 Å². The number of aliphatic imine (C=N–C) groups is 1. The third kappa shape index (κ3) is 1.12. The molecule has 1 amide bonds. The number of hydrogen-bond acceptors (Lipinski definition) is 3. The molecule has 6 heteroatoms. The van der Waals surface area contributed by atoms with E-state index in [-0.39, 0.29) is 10.8 Å². The molecule has 1 rings (SSSR count). The van der Waals surface area contributed by atoms with Gasteiger partial charge in [0, 0.05) is 0 Å². The van der Waals surface area contributed by atoms with Crippen molar-refractivity contribution in [2.24, 2.45) is 16.5 Å². The molecule has 1 atom stereocenters. The first-order valence-corrected chi connectivity index (χ1v) is 2.96. The van der Waals surface area contributed by atoms with Crippen molar-refractivity contribution in [2.45, 2.75) is 6.17 Å². The van der Waals surface area contributed by atoms with E-state index in [0.717, 1.165) is 0 Å². The first-order valence-electron chi connectivity index (χ1n) is 2.55. The molecule has 1 aliphatic heterocycles. The number of rotatable bonds is 1. The number of nitrogens with two attached hydrogens (primary N) is 2. The minimum absolute atomic E-state index is 0.0880. The summed E-state index contributed by atoms with van der Waals surface area (Å²) in [6.07, 6.45) is -0.634. The summed E-state index contributed by atoms with van der Waals surface area (Å²) in [6, 6.07) is 0. The highest BCUT2D eigenvalue weighted by Gasteiger charge is 2.23. The predicted octanol–water partition coefficient (Wildman–Crippen LogP) is -1.91. The molecular formula is C4H6N4OS. The van der Waals surface area contributed by atoms with Gasteiger partial charge < -0.3 is 16.8 Å².